The first-order chi connectivity index (χ1) is 6.75. The van der Waals surface area contributed by atoms with E-state index < -0.39 is 6.17 Å². The molecule has 0 saturated carbocycles. The van der Waals surface area contributed by atoms with Crippen LogP contribution in [0.3, 0.4) is 0 Å². The van der Waals surface area contributed by atoms with Gasteiger partial charge in [0.25, 0.3) is 0 Å². The highest BCUT2D eigenvalue weighted by Crippen LogP contribution is 2.29. The van der Waals surface area contributed by atoms with E-state index in [1.807, 2.05) is 0 Å². The fourth-order valence-electron chi connectivity index (χ4n) is 1.67. The van der Waals surface area contributed by atoms with Crippen molar-refractivity contribution in [3.05, 3.63) is 35.6 Å². The van der Waals surface area contributed by atoms with Crippen molar-refractivity contribution in [3.63, 3.8) is 0 Å². The van der Waals surface area contributed by atoms with Crippen LogP contribution < -0.4 is 0 Å². The number of ether oxygens (including phenoxy) is 1. The normalized spacial score (nSPS) is 27.6. The Bertz CT molecular complexity index is 297. The Labute approximate surface area is 81.7 Å². The van der Waals surface area contributed by atoms with Gasteiger partial charge >= 0.3 is 0 Å². The molecule has 1 heterocycles. The average molecular weight is 198 g/mol. The Hall–Kier alpha value is -0.960. The van der Waals surface area contributed by atoms with Crippen molar-refractivity contribution in [2.24, 2.45) is 0 Å². The number of rotatable bonds is 1. The Morgan fingerprint density at radius 2 is 1.93 bits per heavy atom. The Morgan fingerprint density at radius 1 is 1.21 bits per heavy atom. The number of hydrogen-bond donors (Lipinski definition) is 0. The molecule has 1 fully saturated rings. The summed E-state index contributed by atoms with van der Waals surface area (Å²) >= 11 is 0. The number of benzene rings is 1. The van der Waals surface area contributed by atoms with Crippen LogP contribution >= 0.6 is 0 Å². The van der Waals surface area contributed by atoms with Gasteiger partial charge in [0.15, 0.2) is 0 Å². The van der Waals surface area contributed by atoms with Crippen LogP contribution in [0.15, 0.2) is 24.3 Å². The van der Waals surface area contributed by atoms with E-state index >= 15 is 0 Å². The van der Waals surface area contributed by atoms with Crippen LogP contribution in [0.4, 0.5) is 8.78 Å². The van der Waals surface area contributed by atoms with Crippen molar-refractivity contribution in [1.82, 2.24) is 0 Å². The Balaban J connectivity index is 2.10. The molecule has 2 unspecified atom stereocenters. The second-order valence-corrected chi connectivity index (χ2v) is 3.53. The van der Waals surface area contributed by atoms with E-state index in [1.54, 1.807) is 12.1 Å². The molecule has 0 radical (unpaired) electrons. The van der Waals surface area contributed by atoms with Gasteiger partial charge in [-0.3, -0.25) is 0 Å². The van der Waals surface area contributed by atoms with Crippen molar-refractivity contribution in [3.8, 4) is 0 Å². The summed E-state index contributed by atoms with van der Waals surface area (Å²) in [6.07, 6.45) is -0.151. The van der Waals surface area contributed by atoms with Crippen LogP contribution in [0.5, 0.6) is 0 Å². The summed E-state index contributed by atoms with van der Waals surface area (Å²) in [5, 5.41) is 0. The predicted molar refractivity (Wildman–Crippen MR) is 49.2 cm³/mol. The largest absolute Gasteiger partial charge is 0.373 e. The zero-order valence-electron chi connectivity index (χ0n) is 7.75. The van der Waals surface area contributed by atoms with Crippen LogP contribution in [-0.2, 0) is 4.74 Å². The Morgan fingerprint density at radius 3 is 2.57 bits per heavy atom. The molecular formula is C11H12F2O. The minimum Gasteiger partial charge on any atom is -0.373 e. The molecule has 1 aliphatic rings. The highest BCUT2D eigenvalue weighted by Gasteiger charge is 2.23. The lowest BCUT2D eigenvalue weighted by atomic mass is 10.0. The number of halogens is 2. The molecule has 1 aromatic rings. The molecule has 3 heteroatoms. The maximum absolute atomic E-state index is 13.0. The topological polar surface area (TPSA) is 9.23 Å². The molecule has 0 N–H and O–H groups in total. The van der Waals surface area contributed by atoms with Crippen LogP contribution in [0.2, 0.25) is 0 Å². The second-order valence-electron chi connectivity index (χ2n) is 3.53. The van der Waals surface area contributed by atoms with Gasteiger partial charge in [0.1, 0.15) is 12.0 Å². The van der Waals surface area contributed by atoms with E-state index in [0.29, 0.717) is 19.4 Å². The van der Waals surface area contributed by atoms with Crippen LogP contribution in [0, 0.1) is 5.82 Å². The molecule has 1 aromatic carbocycles. The predicted octanol–water partition coefficient (Wildman–Crippen LogP) is 3.02. The zero-order chi connectivity index (χ0) is 9.97. The first kappa shape index (κ1) is 9.59. The van der Waals surface area contributed by atoms with Gasteiger partial charge in [-0.25, -0.2) is 8.78 Å². The van der Waals surface area contributed by atoms with Gasteiger partial charge in [-0.2, -0.15) is 0 Å². The molecule has 0 aromatic heterocycles. The van der Waals surface area contributed by atoms with E-state index in [9.17, 15) is 8.78 Å². The SMILES string of the molecule is Fc1ccc(C2CC(F)CCO2)cc1. The lowest BCUT2D eigenvalue weighted by Gasteiger charge is -2.25. The first-order valence-electron chi connectivity index (χ1n) is 4.77. The van der Waals surface area contributed by atoms with Crippen molar-refractivity contribution in [2.45, 2.75) is 25.1 Å². The molecule has 2 rings (SSSR count). The van der Waals surface area contributed by atoms with Crippen molar-refractivity contribution in [2.75, 3.05) is 6.61 Å². The van der Waals surface area contributed by atoms with Crippen LogP contribution in [0.25, 0.3) is 0 Å². The summed E-state index contributed by atoms with van der Waals surface area (Å²) in [6, 6.07) is 6.05. The number of alkyl halides is 1. The molecule has 0 spiro atoms. The summed E-state index contributed by atoms with van der Waals surface area (Å²) in [7, 11) is 0. The van der Waals surface area contributed by atoms with Gasteiger partial charge in [-0.15, -0.1) is 0 Å². The van der Waals surface area contributed by atoms with Gasteiger partial charge in [-0.05, 0) is 17.7 Å². The molecule has 0 aliphatic carbocycles. The summed E-state index contributed by atoms with van der Waals surface area (Å²) in [4.78, 5) is 0. The first-order valence-corrected chi connectivity index (χ1v) is 4.77. The summed E-state index contributed by atoms with van der Waals surface area (Å²) in [6.45, 7) is 0.448. The number of hydrogen-bond acceptors (Lipinski definition) is 1. The van der Waals surface area contributed by atoms with Crippen LogP contribution in [0.1, 0.15) is 24.5 Å². The van der Waals surface area contributed by atoms with Crippen molar-refractivity contribution >= 4 is 0 Å². The van der Waals surface area contributed by atoms with E-state index in [1.165, 1.54) is 12.1 Å². The summed E-state index contributed by atoms with van der Waals surface area (Å²) in [5.41, 5.74) is 0.855. The molecule has 0 bridgehead atoms. The van der Waals surface area contributed by atoms with Gasteiger partial charge < -0.3 is 4.74 Å². The molecule has 1 aliphatic heterocycles. The van der Waals surface area contributed by atoms with E-state index in [0.717, 1.165) is 5.56 Å². The molecular weight excluding hydrogens is 186 g/mol. The van der Waals surface area contributed by atoms with Gasteiger partial charge in [0.05, 0.1) is 12.7 Å². The molecule has 2 atom stereocenters. The lowest BCUT2D eigenvalue weighted by molar-refractivity contribution is -0.0193. The van der Waals surface area contributed by atoms with E-state index in [-0.39, 0.29) is 11.9 Å². The minimum atomic E-state index is -0.793. The molecule has 76 valence electrons. The fraction of sp³-hybridized carbons (Fsp3) is 0.455. The van der Waals surface area contributed by atoms with Gasteiger partial charge in [0, 0.05) is 12.8 Å². The zero-order valence-corrected chi connectivity index (χ0v) is 7.75. The second kappa shape index (κ2) is 4.05. The highest BCUT2D eigenvalue weighted by molar-refractivity contribution is 5.19. The van der Waals surface area contributed by atoms with Gasteiger partial charge in [0.2, 0.25) is 0 Å². The molecule has 1 saturated heterocycles. The third-order valence-electron chi connectivity index (χ3n) is 2.46. The lowest BCUT2D eigenvalue weighted by Crippen LogP contribution is -2.20. The third kappa shape index (κ3) is 2.10. The molecule has 0 amide bonds. The van der Waals surface area contributed by atoms with Crippen molar-refractivity contribution < 1.29 is 13.5 Å². The Kier molecular flexibility index (Phi) is 2.77. The van der Waals surface area contributed by atoms with E-state index in [4.69, 9.17) is 4.74 Å². The summed E-state index contributed by atoms with van der Waals surface area (Å²) < 4.78 is 31.1. The molecule has 14 heavy (non-hydrogen) atoms. The average Bonchev–Trinajstić information content (AvgIpc) is 2.19. The quantitative estimate of drug-likeness (QED) is 0.674. The molecule has 1 nitrogen and oxygen atoms in total. The van der Waals surface area contributed by atoms with Gasteiger partial charge in [-0.1, -0.05) is 12.1 Å². The minimum absolute atomic E-state index is 0.209. The standard InChI is InChI=1S/C11H12F2O/c12-9-3-1-8(2-4-9)11-7-10(13)5-6-14-11/h1-4,10-11H,5-7H2. The van der Waals surface area contributed by atoms with E-state index in [2.05, 4.69) is 0 Å². The smallest absolute Gasteiger partial charge is 0.123 e. The van der Waals surface area contributed by atoms with Crippen molar-refractivity contribution in [1.29, 1.82) is 0 Å². The monoisotopic (exact) mass is 198 g/mol. The highest BCUT2D eigenvalue weighted by atomic mass is 19.1. The van der Waals surface area contributed by atoms with Crippen LogP contribution in [-0.4, -0.2) is 12.8 Å². The maximum atomic E-state index is 13.0. The third-order valence-corrected chi connectivity index (χ3v) is 2.46. The maximum Gasteiger partial charge on any atom is 0.123 e. The fourth-order valence-corrected chi connectivity index (χ4v) is 1.67. The summed E-state index contributed by atoms with van der Waals surface area (Å²) in [5.74, 6) is -0.277.